The summed E-state index contributed by atoms with van der Waals surface area (Å²) in [5.41, 5.74) is 5.07. The van der Waals surface area contributed by atoms with Crippen molar-refractivity contribution in [1.29, 1.82) is 0 Å². The van der Waals surface area contributed by atoms with Crippen LogP contribution in [0, 0.1) is 0 Å². The summed E-state index contributed by atoms with van der Waals surface area (Å²) in [6.07, 6.45) is 9.93. The fourth-order valence-electron chi connectivity index (χ4n) is 4.33. The zero-order chi connectivity index (χ0) is 30.7. The van der Waals surface area contributed by atoms with Gasteiger partial charge in [0.05, 0.1) is 6.61 Å². The Hall–Kier alpha value is -2.15. The normalized spacial score (nSPS) is 13.5. The lowest BCUT2D eigenvalue weighted by Gasteiger charge is -2.19. The number of hydrogen-bond acceptors (Lipinski definition) is 9. The average molecular weight is 626 g/mol. The molecule has 0 amide bonds. The second kappa shape index (κ2) is 19.9. The molecule has 0 saturated carbocycles. The molecule has 0 radical (unpaired) electrons. The Bertz CT molecular complexity index is 1110. The van der Waals surface area contributed by atoms with Crippen LogP contribution >= 0.6 is 7.60 Å². The lowest BCUT2D eigenvalue weighted by molar-refractivity contribution is -0.135. The first-order chi connectivity index (χ1) is 20.1. The van der Waals surface area contributed by atoms with Crippen LogP contribution in [0.25, 0.3) is 11.2 Å². The Labute approximate surface area is 245 Å². The zero-order valence-electron chi connectivity index (χ0n) is 24.7. The van der Waals surface area contributed by atoms with Crippen LogP contribution < -0.4 is 15.9 Å². The monoisotopic (exact) mass is 625 g/mol. The number of alkyl halides is 3. The number of halogens is 3. The van der Waals surface area contributed by atoms with Crippen molar-refractivity contribution in [3.05, 3.63) is 16.7 Å². The largest absolute Gasteiger partial charge is 0.423 e. The fraction of sp³-hybridized carbons (Fsp3) is 0.815. The van der Waals surface area contributed by atoms with E-state index in [9.17, 15) is 22.5 Å². The third-order valence-electron chi connectivity index (χ3n) is 6.53. The number of nitrogens with two attached hydrogens (primary N) is 1. The maximum atomic E-state index is 13.2. The van der Waals surface area contributed by atoms with Crippen LogP contribution in [-0.4, -0.2) is 58.6 Å². The first-order valence-electron chi connectivity index (χ1n) is 15.0. The van der Waals surface area contributed by atoms with Crippen molar-refractivity contribution in [3.63, 3.8) is 0 Å². The van der Waals surface area contributed by atoms with E-state index >= 15 is 0 Å². The predicted molar refractivity (Wildman–Crippen MR) is 155 cm³/mol. The molecular formula is C27H47F3N5O6P. The zero-order valence-corrected chi connectivity index (χ0v) is 25.6. The average Bonchev–Trinajstić information content (AvgIpc) is 3.32. The number of fused-ring (bicyclic) bond motifs is 1. The Kier molecular flexibility index (Phi) is 17.1. The number of aromatic amines is 1. The summed E-state index contributed by atoms with van der Waals surface area (Å²) in [5.74, 6) is -0.126. The van der Waals surface area contributed by atoms with Crippen molar-refractivity contribution in [3.8, 4) is 0 Å². The molecule has 15 heteroatoms. The lowest BCUT2D eigenvalue weighted by atomic mass is 10.0. The van der Waals surface area contributed by atoms with E-state index in [2.05, 4.69) is 15.0 Å². The first-order valence-corrected chi connectivity index (χ1v) is 16.7. The summed E-state index contributed by atoms with van der Waals surface area (Å²) in [5, 5.41) is 0. The number of nitrogens with one attached hydrogen (secondary N) is 1. The number of anilines is 1. The van der Waals surface area contributed by atoms with E-state index in [0.29, 0.717) is 32.7 Å². The standard InChI is InChI=1S/C27H47F3N5O6P/c1-2-38-22-42(37,41-35-21-32-23-24(35)33-26(31)34-25(23)36)40-20-16-19-39-18-15-13-11-9-7-5-3-4-6-8-10-12-14-17-27(28,29)30/h21H,2-20,22H2,1H3,(H3,31,33,34,36). The molecule has 42 heavy (non-hydrogen) atoms. The predicted octanol–water partition coefficient (Wildman–Crippen LogP) is 6.76. The van der Waals surface area contributed by atoms with Crippen LogP contribution in [-0.2, 0) is 18.6 Å². The molecule has 0 aromatic carbocycles. The Morgan fingerprint density at radius 1 is 0.881 bits per heavy atom. The number of nitrogens with zero attached hydrogens (tertiary/aromatic N) is 3. The van der Waals surface area contributed by atoms with Crippen molar-refractivity contribution in [1.82, 2.24) is 19.7 Å². The van der Waals surface area contributed by atoms with Crippen LogP contribution in [0.5, 0.6) is 0 Å². The number of rotatable bonds is 25. The minimum Gasteiger partial charge on any atom is -0.381 e. The third-order valence-corrected chi connectivity index (χ3v) is 8.03. The molecule has 0 aliphatic rings. The van der Waals surface area contributed by atoms with Crippen molar-refractivity contribution < 1.29 is 36.4 Å². The van der Waals surface area contributed by atoms with Gasteiger partial charge in [-0.25, -0.2) is 9.55 Å². The summed E-state index contributed by atoms with van der Waals surface area (Å²) in [7, 11) is -3.74. The Balaban J connectivity index is 1.47. The highest BCUT2D eigenvalue weighted by molar-refractivity contribution is 7.53. The number of aromatic nitrogens is 4. The molecule has 1 atom stereocenters. The van der Waals surface area contributed by atoms with Gasteiger partial charge in [0.15, 0.2) is 11.9 Å². The van der Waals surface area contributed by atoms with Crippen LogP contribution in [0.3, 0.4) is 0 Å². The maximum absolute atomic E-state index is 13.2. The summed E-state index contributed by atoms with van der Waals surface area (Å²) >= 11 is 0. The number of H-pyrrole nitrogens is 1. The number of hydrogen-bond donors (Lipinski definition) is 2. The van der Waals surface area contributed by atoms with Crippen LogP contribution in [0.1, 0.15) is 103 Å². The van der Waals surface area contributed by atoms with Gasteiger partial charge >= 0.3 is 13.8 Å². The maximum Gasteiger partial charge on any atom is 0.423 e. The van der Waals surface area contributed by atoms with E-state index < -0.39 is 25.8 Å². The second-order valence-electron chi connectivity index (χ2n) is 10.3. The number of nitrogen functional groups attached to an aromatic ring is 1. The van der Waals surface area contributed by atoms with E-state index in [1.54, 1.807) is 6.92 Å². The highest BCUT2D eigenvalue weighted by atomic mass is 31.2. The molecule has 0 bridgehead atoms. The first kappa shape index (κ1) is 36.0. The van der Waals surface area contributed by atoms with E-state index in [1.165, 1.54) is 38.4 Å². The van der Waals surface area contributed by atoms with Crippen molar-refractivity contribution in [2.45, 2.75) is 109 Å². The minimum absolute atomic E-state index is 0.00731. The Morgan fingerprint density at radius 2 is 1.45 bits per heavy atom. The third kappa shape index (κ3) is 15.4. The van der Waals surface area contributed by atoms with Crippen LogP contribution in [0.15, 0.2) is 11.1 Å². The molecule has 3 N–H and O–H groups in total. The van der Waals surface area contributed by atoms with Gasteiger partial charge in [-0.1, -0.05) is 70.6 Å². The van der Waals surface area contributed by atoms with E-state index in [0.717, 1.165) is 43.3 Å². The molecule has 2 aromatic rings. The van der Waals surface area contributed by atoms with Gasteiger partial charge in [-0.2, -0.15) is 18.2 Å². The number of unbranched alkanes of at least 4 members (excludes halogenated alkanes) is 12. The molecule has 242 valence electrons. The van der Waals surface area contributed by atoms with Gasteiger partial charge in [0, 0.05) is 26.2 Å². The summed E-state index contributed by atoms with van der Waals surface area (Å²) < 4.78 is 72.6. The van der Waals surface area contributed by atoms with Crippen molar-refractivity contribution in [2.24, 2.45) is 0 Å². The highest BCUT2D eigenvalue weighted by Crippen LogP contribution is 2.45. The van der Waals surface area contributed by atoms with Crippen molar-refractivity contribution >= 4 is 24.7 Å². The van der Waals surface area contributed by atoms with Gasteiger partial charge < -0.3 is 19.8 Å². The summed E-state index contributed by atoms with van der Waals surface area (Å²) in [4.78, 5) is 22.2. The highest BCUT2D eigenvalue weighted by Gasteiger charge is 2.29. The molecule has 0 spiro atoms. The van der Waals surface area contributed by atoms with Crippen molar-refractivity contribution in [2.75, 3.05) is 38.5 Å². The smallest absolute Gasteiger partial charge is 0.381 e. The molecule has 0 aliphatic carbocycles. The second-order valence-corrected chi connectivity index (χ2v) is 12.2. The molecule has 2 heterocycles. The number of ether oxygens (including phenoxy) is 2. The molecule has 0 fully saturated rings. The van der Waals surface area contributed by atoms with E-state index in [-0.39, 0.29) is 36.5 Å². The molecular weight excluding hydrogens is 578 g/mol. The molecule has 2 aromatic heterocycles. The van der Waals surface area contributed by atoms with Crippen LogP contribution in [0.2, 0.25) is 0 Å². The van der Waals surface area contributed by atoms with Gasteiger partial charge in [-0.3, -0.25) is 14.3 Å². The van der Waals surface area contributed by atoms with Gasteiger partial charge in [-0.05, 0) is 26.2 Å². The van der Waals surface area contributed by atoms with Gasteiger partial charge in [-0.15, -0.1) is 4.73 Å². The number of imidazole rings is 1. The molecule has 0 saturated heterocycles. The van der Waals surface area contributed by atoms with Crippen LogP contribution in [0.4, 0.5) is 19.1 Å². The fourth-order valence-corrected chi connectivity index (χ4v) is 5.70. The SMILES string of the molecule is CCOCP(=O)(OCCCOCCCCCCCCCCCCCCCC(F)(F)F)On1cnc2c(=O)[nH]c(N)nc21. The lowest BCUT2D eigenvalue weighted by Crippen LogP contribution is -2.17. The minimum atomic E-state index is -4.02. The molecule has 11 nitrogen and oxygen atoms in total. The van der Waals surface area contributed by atoms with E-state index in [1.807, 2.05) is 0 Å². The van der Waals surface area contributed by atoms with Gasteiger partial charge in [0.1, 0.15) is 6.33 Å². The summed E-state index contributed by atoms with van der Waals surface area (Å²) in [6, 6.07) is 0. The summed E-state index contributed by atoms with van der Waals surface area (Å²) in [6.45, 7) is 3.31. The van der Waals surface area contributed by atoms with E-state index in [4.69, 9.17) is 24.4 Å². The topological polar surface area (TPSA) is 144 Å². The molecule has 0 aliphatic heterocycles. The van der Waals surface area contributed by atoms with Gasteiger partial charge in [0.25, 0.3) is 5.56 Å². The Morgan fingerprint density at radius 3 is 2.05 bits per heavy atom. The molecule has 2 rings (SSSR count). The molecule has 1 unspecified atom stereocenters. The van der Waals surface area contributed by atoms with Gasteiger partial charge in [0.2, 0.25) is 11.6 Å². The quantitative estimate of drug-likeness (QED) is 0.0903.